The highest BCUT2D eigenvalue weighted by Crippen LogP contribution is 2.20. The number of likely N-dealkylation sites (tertiary alicyclic amines) is 1. The number of piperazine rings is 1. The third-order valence-electron chi connectivity index (χ3n) is 5.40. The Hall–Kier alpha value is -1.89. The van der Waals surface area contributed by atoms with Gasteiger partial charge in [0.2, 0.25) is 11.8 Å². The summed E-state index contributed by atoms with van der Waals surface area (Å²) >= 11 is 0. The zero-order valence-electron chi connectivity index (χ0n) is 15.4. The maximum absolute atomic E-state index is 12.8. The van der Waals surface area contributed by atoms with E-state index in [0.29, 0.717) is 13.0 Å². The van der Waals surface area contributed by atoms with Crippen molar-refractivity contribution in [3.05, 3.63) is 18.2 Å². The van der Waals surface area contributed by atoms with Gasteiger partial charge in [0.1, 0.15) is 5.82 Å². The van der Waals surface area contributed by atoms with Crippen LogP contribution in [0.25, 0.3) is 0 Å². The summed E-state index contributed by atoms with van der Waals surface area (Å²) in [5, 5.41) is 0. The Kier molecular flexibility index (Phi) is 5.73. The number of hydrogen-bond donors (Lipinski definition) is 0. The van der Waals surface area contributed by atoms with Crippen molar-refractivity contribution < 1.29 is 9.59 Å². The van der Waals surface area contributed by atoms with Crippen LogP contribution in [-0.2, 0) is 23.2 Å². The molecule has 0 bridgehead atoms. The van der Waals surface area contributed by atoms with Crippen molar-refractivity contribution in [2.24, 2.45) is 13.0 Å². The van der Waals surface area contributed by atoms with Crippen LogP contribution in [0.4, 0.5) is 0 Å². The van der Waals surface area contributed by atoms with Crippen molar-refractivity contribution in [1.82, 2.24) is 24.3 Å². The van der Waals surface area contributed by atoms with Gasteiger partial charge in [-0.2, -0.15) is 0 Å². The highest BCUT2D eigenvalue weighted by molar-refractivity contribution is 5.81. The van der Waals surface area contributed by atoms with E-state index in [1.54, 1.807) is 0 Å². The first-order valence-corrected chi connectivity index (χ1v) is 9.33. The molecule has 0 aromatic carbocycles. The Balaban J connectivity index is 1.49. The Morgan fingerprint density at radius 1 is 1.16 bits per heavy atom. The molecular weight excluding hydrogens is 318 g/mol. The normalized spacial score (nSPS) is 22.2. The molecule has 7 nitrogen and oxygen atoms in total. The second-order valence-electron chi connectivity index (χ2n) is 7.09. The van der Waals surface area contributed by atoms with E-state index in [9.17, 15) is 9.59 Å². The van der Waals surface area contributed by atoms with Gasteiger partial charge >= 0.3 is 0 Å². The van der Waals surface area contributed by atoms with Gasteiger partial charge in [0.25, 0.3) is 0 Å². The molecule has 3 heterocycles. The van der Waals surface area contributed by atoms with Crippen molar-refractivity contribution in [3.63, 3.8) is 0 Å². The van der Waals surface area contributed by atoms with Crippen LogP contribution in [0.2, 0.25) is 0 Å². The highest BCUT2D eigenvalue weighted by atomic mass is 16.2. The van der Waals surface area contributed by atoms with Crippen LogP contribution in [0.1, 0.15) is 32.0 Å². The number of piperidine rings is 1. The van der Waals surface area contributed by atoms with Crippen molar-refractivity contribution in [2.45, 2.75) is 32.7 Å². The van der Waals surface area contributed by atoms with Crippen molar-refractivity contribution in [3.8, 4) is 0 Å². The van der Waals surface area contributed by atoms with Crippen LogP contribution < -0.4 is 0 Å². The fourth-order valence-electron chi connectivity index (χ4n) is 3.76. The van der Waals surface area contributed by atoms with Crippen LogP contribution in [0.5, 0.6) is 0 Å². The number of nitrogens with zero attached hydrogens (tertiary/aromatic N) is 5. The molecule has 0 spiro atoms. The quantitative estimate of drug-likeness (QED) is 0.805. The van der Waals surface area contributed by atoms with Crippen molar-refractivity contribution in [1.29, 1.82) is 0 Å². The van der Waals surface area contributed by atoms with Gasteiger partial charge in [-0.3, -0.25) is 14.5 Å². The zero-order valence-corrected chi connectivity index (χ0v) is 15.4. The van der Waals surface area contributed by atoms with Gasteiger partial charge in [-0.1, -0.05) is 6.92 Å². The van der Waals surface area contributed by atoms with Crippen molar-refractivity contribution in [2.75, 3.05) is 39.3 Å². The second kappa shape index (κ2) is 7.99. The first-order valence-electron chi connectivity index (χ1n) is 9.33. The van der Waals surface area contributed by atoms with Gasteiger partial charge < -0.3 is 14.4 Å². The zero-order chi connectivity index (χ0) is 17.8. The van der Waals surface area contributed by atoms with Crippen LogP contribution in [0, 0.1) is 5.92 Å². The Morgan fingerprint density at radius 3 is 2.56 bits per heavy atom. The Morgan fingerprint density at radius 2 is 1.92 bits per heavy atom. The van der Waals surface area contributed by atoms with Gasteiger partial charge in [0.15, 0.2) is 0 Å². The molecule has 0 radical (unpaired) electrons. The number of carbonyl (C=O) groups excluding carboxylic acids is 2. The maximum atomic E-state index is 12.8. The summed E-state index contributed by atoms with van der Waals surface area (Å²) in [4.78, 5) is 35.3. The SMILES string of the molecule is CCC(=O)N1CCC[C@@H](C(=O)N2CCN(Cc3nccn3C)CC2)C1. The molecule has 25 heavy (non-hydrogen) atoms. The van der Waals surface area contributed by atoms with Gasteiger partial charge in [-0.15, -0.1) is 0 Å². The number of rotatable bonds is 4. The van der Waals surface area contributed by atoms with Crippen LogP contribution >= 0.6 is 0 Å². The van der Waals surface area contributed by atoms with E-state index in [-0.39, 0.29) is 17.7 Å². The average molecular weight is 347 g/mol. The van der Waals surface area contributed by atoms with E-state index in [1.165, 1.54) is 0 Å². The minimum atomic E-state index is -0.0228. The Labute approximate surface area is 149 Å². The molecule has 2 aliphatic heterocycles. The number of amides is 2. The van der Waals surface area contributed by atoms with Crippen LogP contribution in [0.15, 0.2) is 12.4 Å². The maximum Gasteiger partial charge on any atom is 0.227 e. The molecule has 0 unspecified atom stereocenters. The smallest absolute Gasteiger partial charge is 0.227 e. The predicted molar refractivity (Wildman–Crippen MR) is 94.7 cm³/mol. The topological polar surface area (TPSA) is 61.7 Å². The fraction of sp³-hybridized carbons (Fsp3) is 0.722. The lowest BCUT2D eigenvalue weighted by molar-refractivity contribution is -0.142. The summed E-state index contributed by atoms with van der Waals surface area (Å²) in [7, 11) is 2.01. The molecule has 2 fully saturated rings. The Bertz CT molecular complexity index is 606. The molecule has 1 atom stereocenters. The molecule has 2 amide bonds. The summed E-state index contributed by atoms with van der Waals surface area (Å²) in [6.45, 7) is 7.39. The number of aryl methyl sites for hydroxylation is 1. The molecule has 2 saturated heterocycles. The monoisotopic (exact) mass is 347 g/mol. The summed E-state index contributed by atoms with van der Waals surface area (Å²) in [6.07, 6.45) is 6.14. The molecule has 138 valence electrons. The van der Waals surface area contributed by atoms with E-state index >= 15 is 0 Å². The summed E-state index contributed by atoms with van der Waals surface area (Å²) in [6, 6.07) is 0. The van der Waals surface area contributed by atoms with Gasteiger partial charge in [-0.25, -0.2) is 4.98 Å². The molecule has 7 heteroatoms. The van der Waals surface area contributed by atoms with E-state index in [0.717, 1.165) is 57.9 Å². The molecule has 0 saturated carbocycles. The third kappa shape index (κ3) is 4.21. The van der Waals surface area contributed by atoms with Crippen molar-refractivity contribution >= 4 is 11.8 Å². The minimum Gasteiger partial charge on any atom is -0.342 e. The number of hydrogen-bond acceptors (Lipinski definition) is 4. The highest BCUT2D eigenvalue weighted by Gasteiger charge is 2.32. The second-order valence-corrected chi connectivity index (χ2v) is 7.09. The first kappa shape index (κ1) is 17.9. The fourth-order valence-corrected chi connectivity index (χ4v) is 3.76. The molecule has 3 rings (SSSR count). The molecule has 2 aliphatic rings. The molecule has 0 N–H and O–H groups in total. The van der Waals surface area contributed by atoms with Crippen LogP contribution in [0.3, 0.4) is 0 Å². The lowest BCUT2D eigenvalue weighted by atomic mass is 9.96. The van der Waals surface area contributed by atoms with E-state index < -0.39 is 0 Å². The number of imidazole rings is 1. The minimum absolute atomic E-state index is 0.0228. The summed E-state index contributed by atoms with van der Waals surface area (Å²) in [5.74, 6) is 1.42. The lowest BCUT2D eigenvalue weighted by Crippen LogP contribution is -2.52. The predicted octanol–water partition coefficient (Wildman–Crippen LogP) is 0.713. The van der Waals surface area contributed by atoms with E-state index in [2.05, 4.69) is 9.88 Å². The largest absolute Gasteiger partial charge is 0.342 e. The number of aromatic nitrogens is 2. The third-order valence-corrected chi connectivity index (χ3v) is 5.40. The van der Waals surface area contributed by atoms with E-state index in [1.807, 2.05) is 40.7 Å². The van der Waals surface area contributed by atoms with Gasteiger partial charge in [-0.05, 0) is 12.8 Å². The van der Waals surface area contributed by atoms with Crippen LogP contribution in [-0.4, -0.2) is 75.3 Å². The average Bonchev–Trinajstić information content (AvgIpc) is 3.06. The summed E-state index contributed by atoms with van der Waals surface area (Å²) in [5.41, 5.74) is 0. The molecule has 1 aromatic heterocycles. The van der Waals surface area contributed by atoms with E-state index in [4.69, 9.17) is 0 Å². The van der Waals surface area contributed by atoms with Gasteiger partial charge in [0.05, 0.1) is 12.5 Å². The lowest BCUT2D eigenvalue weighted by Gasteiger charge is -2.39. The number of carbonyl (C=O) groups is 2. The molecule has 0 aliphatic carbocycles. The van der Waals surface area contributed by atoms with Gasteiger partial charge in [0, 0.05) is 65.1 Å². The first-order chi connectivity index (χ1) is 12.1. The standard InChI is InChI=1S/C18H29N5O2/c1-3-17(24)23-7-4-5-15(13-23)18(25)22-11-9-21(10-12-22)14-16-19-6-8-20(16)2/h6,8,15H,3-5,7,9-14H2,1-2H3/t15-/m1/s1. The molecular formula is C18H29N5O2. The summed E-state index contributed by atoms with van der Waals surface area (Å²) < 4.78 is 2.04. The molecule has 1 aromatic rings.